The summed E-state index contributed by atoms with van der Waals surface area (Å²) in [5.74, 6) is -0.279. The minimum Gasteiger partial charge on any atom is -0.322 e. The summed E-state index contributed by atoms with van der Waals surface area (Å²) < 4.78 is 0. The Hall–Kier alpha value is -1.91. The third-order valence-corrected chi connectivity index (χ3v) is 2.95. The second-order valence-electron chi connectivity index (χ2n) is 4.13. The van der Waals surface area contributed by atoms with Crippen molar-refractivity contribution >= 4 is 23.2 Å². The predicted octanol–water partition coefficient (Wildman–Crippen LogP) is 2.24. The van der Waals surface area contributed by atoms with Gasteiger partial charge in [0.05, 0.1) is 11.7 Å². The number of benzene rings is 1. The molecule has 0 unspecified atom stereocenters. The molecule has 98 valence electrons. The minimum atomic E-state index is -0.626. The normalized spacial score (nSPS) is 11.9. The molecule has 0 aliphatic carbocycles. The monoisotopic (exact) mass is 275 g/mol. The maximum atomic E-state index is 11.9. The van der Waals surface area contributed by atoms with E-state index in [0.717, 1.165) is 5.56 Å². The first-order valence-corrected chi connectivity index (χ1v) is 6.25. The average Bonchev–Trinajstić information content (AvgIpc) is 2.42. The number of anilines is 1. The maximum Gasteiger partial charge on any atom is 0.241 e. The van der Waals surface area contributed by atoms with Crippen molar-refractivity contribution in [2.45, 2.75) is 12.5 Å². The SMILES string of the molecule is N[C@@H](Cc1ccccc1)C(=O)Nc1cccnc1Cl. The van der Waals surface area contributed by atoms with Gasteiger partial charge in [-0.25, -0.2) is 4.98 Å². The summed E-state index contributed by atoms with van der Waals surface area (Å²) in [6.45, 7) is 0. The molecule has 2 aromatic rings. The van der Waals surface area contributed by atoms with E-state index in [-0.39, 0.29) is 11.1 Å². The third-order valence-electron chi connectivity index (χ3n) is 2.65. The average molecular weight is 276 g/mol. The van der Waals surface area contributed by atoms with Crippen LogP contribution >= 0.6 is 11.6 Å². The number of hydrogen-bond acceptors (Lipinski definition) is 3. The van der Waals surface area contributed by atoms with Gasteiger partial charge in [-0.2, -0.15) is 0 Å². The first-order valence-electron chi connectivity index (χ1n) is 5.87. The van der Waals surface area contributed by atoms with Crippen LogP contribution in [0, 0.1) is 0 Å². The number of halogens is 1. The van der Waals surface area contributed by atoms with Crippen molar-refractivity contribution in [2.24, 2.45) is 5.73 Å². The van der Waals surface area contributed by atoms with E-state index in [2.05, 4.69) is 10.3 Å². The molecule has 0 radical (unpaired) electrons. The molecule has 0 bridgehead atoms. The Balaban J connectivity index is 1.99. The number of rotatable bonds is 4. The van der Waals surface area contributed by atoms with Gasteiger partial charge in [0.15, 0.2) is 5.15 Å². The summed E-state index contributed by atoms with van der Waals surface area (Å²) in [4.78, 5) is 15.8. The second kappa shape index (κ2) is 6.31. The number of nitrogens with two attached hydrogens (primary N) is 1. The van der Waals surface area contributed by atoms with Crippen LogP contribution in [0.4, 0.5) is 5.69 Å². The first kappa shape index (κ1) is 13.5. The molecule has 1 heterocycles. The molecule has 3 N–H and O–H groups in total. The van der Waals surface area contributed by atoms with E-state index in [1.54, 1.807) is 18.3 Å². The second-order valence-corrected chi connectivity index (χ2v) is 4.49. The van der Waals surface area contributed by atoms with Crippen LogP contribution in [-0.4, -0.2) is 16.9 Å². The molecule has 0 fully saturated rings. The van der Waals surface area contributed by atoms with E-state index in [0.29, 0.717) is 12.1 Å². The number of carbonyl (C=O) groups excluding carboxylic acids is 1. The zero-order chi connectivity index (χ0) is 13.7. The quantitative estimate of drug-likeness (QED) is 0.841. The largest absolute Gasteiger partial charge is 0.322 e. The highest BCUT2D eigenvalue weighted by atomic mass is 35.5. The molecule has 1 aromatic heterocycles. The van der Waals surface area contributed by atoms with Crippen LogP contribution in [0.2, 0.25) is 5.15 Å². The number of amides is 1. The minimum absolute atomic E-state index is 0.253. The van der Waals surface area contributed by atoms with Crippen LogP contribution in [0.15, 0.2) is 48.7 Å². The van der Waals surface area contributed by atoms with E-state index in [1.807, 2.05) is 30.3 Å². The topological polar surface area (TPSA) is 68.0 Å². The van der Waals surface area contributed by atoms with Gasteiger partial charge in [-0.15, -0.1) is 0 Å². The number of carbonyl (C=O) groups is 1. The van der Waals surface area contributed by atoms with Gasteiger partial charge in [-0.1, -0.05) is 41.9 Å². The Morgan fingerprint density at radius 3 is 2.68 bits per heavy atom. The summed E-state index contributed by atoms with van der Waals surface area (Å²) in [7, 11) is 0. The van der Waals surface area contributed by atoms with E-state index in [1.165, 1.54) is 0 Å². The summed E-state index contributed by atoms with van der Waals surface area (Å²) in [6, 6.07) is 12.4. The van der Waals surface area contributed by atoms with Gasteiger partial charge in [0, 0.05) is 6.20 Å². The zero-order valence-corrected chi connectivity index (χ0v) is 11.0. The Bertz CT molecular complexity index is 560. The molecule has 0 aliphatic heterocycles. The van der Waals surface area contributed by atoms with Crippen molar-refractivity contribution in [3.05, 3.63) is 59.4 Å². The van der Waals surface area contributed by atoms with Gasteiger partial charge < -0.3 is 11.1 Å². The lowest BCUT2D eigenvalue weighted by molar-refractivity contribution is -0.117. The van der Waals surface area contributed by atoms with Crippen molar-refractivity contribution in [1.29, 1.82) is 0 Å². The summed E-state index contributed by atoms with van der Waals surface area (Å²) >= 11 is 5.87. The van der Waals surface area contributed by atoms with Crippen LogP contribution < -0.4 is 11.1 Å². The standard InChI is InChI=1S/C14H14ClN3O/c15-13-12(7-4-8-17-13)18-14(19)11(16)9-10-5-2-1-3-6-10/h1-8,11H,9,16H2,(H,18,19)/t11-/m0/s1. The molecule has 19 heavy (non-hydrogen) atoms. The van der Waals surface area contributed by atoms with Crippen LogP contribution in [0.5, 0.6) is 0 Å². The fourth-order valence-electron chi connectivity index (χ4n) is 1.67. The number of nitrogens with one attached hydrogen (secondary N) is 1. The molecule has 1 aromatic carbocycles. The number of hydrogen-bond donors (Lipinski definition) is 2. The lowest BCUT2D eigenvalue weighted by atomic mass is 10.1. The lowest BCUT2D eigenvalue weighted by Gasteiger charge is -2.12. The highest BCUT2D eigenvalue weighted by Gasteiger charge is 2.15. The van der Waals surface area contributed by atoms with Crippen molar-refractivity contribution in [3.63, 3.8) is 0 Å². The molecule has 1 amide bonds. The maximum absolute atomic E-state index is 11.9. The molecular weight excluding hydrogens is 262 g/mol. The third kappa shape index (κ3) is 3.77. The Kier molecular flexibility index (Phi) is 4.49. The summed E-state index contributed by atoms with van der Waals surface area (Å²) in [5, 5.41) is 2.92. The van der Waals surface area contributed by atoms with E-state index >= 15 is 0 Å². The molecular formula is C14H14ClN3O. The van der Waals surface area contributed by atoms with Crippen molar-refractivity contribution in [1.82, 2.24) is 4.98 Å². The molecule has 0 spiro atoms. The predicted molar refractivity (Wildman–Crippen MR) is 76.0 cm³/mol. The van der Waals surface area contributed by atoms with E-state index < -0.39 is 6.04 Å². The molecule has 4 nitrogen and oxygen atoms in total. The fraction of sp³-hybridized carbons (Fsp3) is 0.143. The molecule has 5 heteroatoms. The van der Waals surface area contributed by atoms with Gasteiger partial charge in [0.25, 0.3) is 0 Å². The number of nitrogens with zero attached hydrogens (tertiary/aromatic N) is 1. The molecule has 0 aliphatic rings. The lowest BCUT2D eigenvalue weighted by Crippen LogP contribution is -2.37. The Labute approximate surface area is 116 Å². The summed E-state index contributed by atoms with van der Waals surface area (Å²) in [6.07, 6.45) is 2.03. The first-order chi connectivity index (χ1) is 9.16. The smallest absolute Gasteiger partial charge is 0.241 e. The van der Waals surface area contributed by atoms with Gasteiger partial charge >= 0.3 is 0 Å². The van der Waals surface area contributed by atoms with E-state index in [4.69, 9.17) is 17.3 Å². The van der Waals surface area contributed by atoms with Crippen molar-refractivity contribution < 1.29 is 4.79 Å². The van der Waals surface area contributed by atoms with Crippen molar-refractivity contribution in [2.75, 3.05) is 5.32 Å². The summed E-state index contributed by atoms with van der Waals surface area (Å²) in [5.41, 5.74) is 7.36. The van der Waals surface area contributed by atoms with Crippen LogP contribution in [0.3, 0.4) is 0 Å². The van der Waals surface area contributed by atoms with E-state index in [9.17, 15) is 4.79 Å². The van der Waals surface area contributed by atoms with Gasteiger partial charge in [0.1, 0.15) is 0 Å². The van der Waals surface area contributed by atoms with Gasteiger partial charge in [-0.3, -0.25) is 4.79 Å². The van der Waals surface area contributed by atoms with Crippen LogP contribution in [-0.2, 0) is 11.2 Å². The van der Waals surface area contributed by atoms with Crippen LogP contribution in [0.1, 0.15) is 5.56 Å². The Morgan fingerprint density at radius 2 is 2.00 bits per heavy atom. The number of aromatic nitrogens is 1. The van der Waals surface area contributed by atoms with Crippen molar-refractivity contribution in [3.8, 4) is 0 Å². The number of pyridine rings is 1. The Morgan fingerprint density at radius 1 is 1.26 bits per heavy atom. The molecule has 1 atom stereocenters. The van der Waals surface area contributed by atoms with Crippen LogP contribution in [0.25, 0.3) is 0 Å². The molecule has 0 saturated carbocycles. The fourth-order valence-corrected chi connectivity index (χ4v) is 1.83. The molecule has 0 saturated heterocycles. The van der Waals surface area contributed by atoms with Gasteiger partial charge in [0.2, 0.25) is 5.91 Å². The highest BCUT2D eigenvalue weighted by Crippen LogP contribution is 2.17. The highest BCUT2D eigenvalue weighted by molar-refractivity contribution is 6.32. The van der Waals surface area contributed by atoms with Gasteiger partial charge in [-0.05, 0) is 24.1 Å². The molecule has 2 rings (SSSR count). The zero-order valence-electron chi connectivity index (χ0n) is 10.2.